The summed E-state index contributed by atoms with van der Waals surface area (Å²) < 4.78 is 5.52. The normalized spacial score (nSPS) is 11.5. The maximum absolute atomic E-state index is 5.52. The predicted octanol–water partition coefficient (Wildman–Crippen LogP) is 1.73. The Labute approximate surface area is 90.9 Å². The molecule has 0 aliphatic rings. The van der Waals surface area contributed by atoms with Crippen LogP contribution < -0.4 is 0 Å². The molecule has 0 N–H and O–H groups in total. The maximum Gasteiger partial charge on any atom is 2.00 e. The Hall–Kier alpha value is 0.608. The molecule has 0 atom stereocenters. The van der Waals surface area contributed by atoms with Crippen molar-refractivity contribution in [1.29, 1.82) is 0 Å². The van der Waals surface area contributed by atoms with Gasteiger partial charge < -0.3 is 23.5 Å². The van der Waals surface area contributed by atoms with E-state index in [-0.39, 0.29) is 26.7 Å². The molecule has 3 heteroatoms. The van der Waals surface area contributed by atoms with Gasteiger partial charge in [-0.25, -0.2) is 0 Å². The van der Waals surface area contributed by atoms with Crippen molar-refractivity contribution in [3.63, 3.8) is 0 Å². The van der Waals surface area contributed by atoms with Crippen molar-refractivity contribution in [2.24, 2.45) is 0 Å². The number of rotatable bonds is 4. The third kappa shape index (κ3) is 8.70. The Bertz CT molecular complexity index is 97.2. The zero-order chi connectivity index (χ0) is 8.91. The third-order valence-electron chi connectivity index (χ3n) is 1.31. The quantitative estimate of drug-likeness (QED) is 0.571. The molecule has 0 saturated heterocycles. The van der Waals surface area contributed by atoms with Crippen molar-refractivity contribution >= 4 is 0 Å². The van der Waals surface area contributed by atoms with Crippen molar-refractivity contribution in [1.82, 2.24) is 4.90 Å². The zero-order valence-electron chi connectivity index (χ0n) is 8.30. The monoisotopic (exact) mass is 341 g/mol. The van der Waals surface area contributed by atoms with Crippen LogP contribution >= 0.6 is 0 Å². The Morgan fingerprint density at radius 3 is 1.83 bits per heavy atom. The Morgan fingerprint density at radius 2 is 1.58 bits per heavy atom. The largest absolute Gasteiger partial charge is 2.00 e. The van der Waals surface area contributed by atoms with E-state index < -0.39 is 0 Å². The van der Waals surface area contributed by atoms with E-state index in [4.69, 9.17) is 4.74 Å². The van der Waals surface area contributed by atoms with Crippen LogP contribution in [0.25, 0.3) is 0 Å². The molecule has 0 bridgehead atoms. The molecule has 12 heavy (non-hydrogen) atoms. The summed E-state index contributed by atoms with van der Waals surface area (Å²) in [6.07, 6.45) is 0. The van der Waals surface area contributed by atoms with Crippen molar-refractivity contribution < 1.29 is 25.8 Å². The number of ether oxygens (including phenoxy) is 1. The molecule has 0 saturated carbocycles. The predicted molar refractivity (Wildman–Crippen MR) is 48.0 cm³/mol. The zero-order valence-corrected chi connectivity index (χ0v) is 11.2. The number of hydrogen-bond acceptors (Lipinski definition) is 2. The van der Waals surface area contributed by atoms with E-state index in [1.807, 2.05) is 25.7 Å². The summed E-state index contributed by atoms with van der Waals surface area (Å²) in [5.41, 5.74) is -0.0669. The molecule has 0 aliphatic carbocycles. The van der Waals surface area contributed by atoms with Crippen LogP contribution in [0.4, 0.5) is 0 Å². The van der Waals surface area contributed by atoms with Gasteiger partial charge in [0, 0.05) is 0 Å². The van der Waals surface area contributed by atoms with E-state index in [1.54, 1.807) is 0 Å². The van der Waals surface area contributed by atoms with Gasteiger partial charge in [-0.1, -0.05) is 0 Å². The van der Waals surface area contributed by atoms with Crippen LogP contribution in [0.5, 0.6) is 0 Å². The molecule has 0 aromatic rings. The Balaban J connectivity index is 0. The summed E-state index contributed by atoms with van der Waals surface area (Å²) in [5.74, 6) is 0. The smallest absolute Gasteiger partial charge is 0.361 e. The van der Waals surface area contributed by atoms with E-state index in [0.717, 1.165) is 13.1 Å². The van der Waals surface area contributed by atoms with Gasteiger partial charge in [-0.15, -0.1) is 13.1 Å². The second-order valence-corrected chi connectivity index (χ2v) is 3.50. The molecule has 0 radical (unpaired) electrons. The minimum absolute atomic E-state index is 0. The van der Waals surface area contributed by atoms with E-state index >= 15 is 0 Å². The molecule has 0 fully saturated rings. The van der Waals surface area contributed by atoms with Crippen LogP contribution in [0.2, 0.25) is 0 Å². The average Bonchev–Trinajstić information content (AvgIpc) is 1.88. The molecule has 0 amide bonds. The molecule has 2 nitrogen and oxygen atoms in total. The molecule has 0 unspecified atom stereocenters. The summed E-state index contributed by atoms with van der Waals surface area (Å²) in [6.45, 7) is 15.8. The van der Waals surface area contributed by atoms with Gasteiger partial charge in [0.1, 0.15) is 0 Å². The van der Waals surface area contributed by atoms with Crippen molar-refractivity contribution in [3.05, 3.63) is 13.8 Å². The van der Waals surface area contributed by atoms with Gasteiger partial charge >= 0.3 is 21.1 Å². The van der Waals surface area contributed by atoms with Crippen molar-refractivity contribution in [2.75, 3.05) is 19.8 Å². The maximum atomic E-state index is 5.52. The molecule has 0 spiro atoms. The number of hydrogen-bond donors (Lipinski definition) is 0. The van der Waals surface area contributed by atoms with Crippen LogP contribution in [0, 0.1) is 13.8 Å². The second-order valence-electron chi connectivity index (χ2n) is 3.50. The van der Waals surface area contributed by atoms with Crippen molar-refractivity contribution in [2.45, 2.75) is 26.4 Å². The van der Waals surface area contributed by atoms with E-state index in [9.17, 15) is 0 Å². The summed E-state index contributed by atoms with van der Waals surface area (Å²) in [6, 6.07) is 0. The molecule has 0 aromatic heterocycles. The summed E-state index contributed by atoms with van der Waals surface area (Å²) in [7, 11) is 0. The van der Waals surface area contributed by atoms with Gasteiger partial charge in [-0.05, 0) is 20.8 Å². The SMILES string of the molecule is [CH2-]CN(C[CH2-])COC(C)(C)C.[W+2]. The van der Waals surface area contributed by atoms with Crippen LogP contribution in [-0.4, -0.2) is 30.3 Å². The topological polar surface area (TPSA) is 12.5 Å². The molecule has 0 rings (SSSR count). The fourth-order valence-electron chi connectivity index (χ4n) is 0.526. The molecular formula is C9H19NOW. The van der Waals surface area contributed by atoms with Crippen LogP contribution in [0.15, 0.2) is 0 Å². The first-order valence-electron chi connectivity index (χ1n) is 3.94. The molecule has 72 valence electrons. The fourth-order valence-corrected chi connectivity index (χ4v) is 0.526. The van der Waals surface area contributed by atoms with Gasteiger partial charge in [0.05, 0.1) is 12.3 Å². The Morgan fingerprint density at radius 1 is 1.17 bits per heavy atom. The van der Waals surface area contributed by atoms with Crippen LogP contribution in [-0.2, 0) is 25.8 Å². The van der Waals surface area contributed by atoms with Gasteiger partial charge in [-0.3, -0.25) is 0 Å². The fraction of sp³-hybridized carbons (Fsp3) is 0.778. The Kier molecular flexibility index (Phi) is 8.88. The first-order valence-corrected chi connectivity index (χ1v) is 3.94. The van der Waals surface area contributed by atoms with Gasteiger partial charge in [0.25, 0.3) is 0 Å². The standard InChI is InChI=1S/C9H19NO.W/c1-6-10(7-2)8-11-9(3,4)5;/h1-2,6-8H2,3-5H3;/q-2;+2. The molecule has 0 heterocycles. The van der Waals surface area contributed by atoms with Gasteiger partial charge in [0.2, 0.25) is 0 Å². The summed E-state index contributed by atoms with van der Waals surface area (Å²) in [4.78, 5) is 2.03. The average molecular weight is 341 g/mol. The minimum Gasteiger partial charge on any atom is -0.361 e. The first kappa shape index (κ1) is 15.1. The van der Waals surface area contributed by atoms with Crippen LogP contribution in [0.1, 0.15) is 20.8 Å². The first-order chi connectivity index (χ1) is 4.99. The summed E-state index contributed by atoms with van der Waals surface area (Å²) >= 11 is 0. The van der Waals surface area contributed by atoms with Gasteiger partial charge in [0.15, 0.2) is 0 Å². The van der Waals surface area contributed by atoms with E-state index in [1.165, 1.54) is 0 Å². The minimum atomic E-state index is -0.0669. The second kappa shape index (κ2) is 7.05. The number of nitrogens with zero attached hydrogens (tertiary/aromatic N) is 1. The molecule has 0 aliphatic heterocycles. The third-order valence-corrected chi connectivity index (χ3v) is 1.31. The summed E-state index contributed by atoms with van der Waals surface area (Å²) in [5, 5.41) is 0. The van der Waals surface area contributed by atoms with E-state index in [2.05, 4.69) is 13.8 Å². The molecule has 0 aromatic carbocycles. The van der Waals surface area contributed by atoms with Crippen molar-refractivity contribution in [3.8, 4) is 0 Å². The molecular weight excluding hydrogens is 322 g/mol. The van der Waals surface area contributed by atoms with Gasteiger partial charge in [-0.2, -0.15) is 0 Å². The van der Waals surface area contributed by atoms with Crippen LogP contribution in [0.3, 0.4) is 0 Å². The van der Waals surface area contributed by atoms with E-state index in [0.29, 0.717) is 6.73 Å².